The van der Waals surface area contributed by atoms with Gasteiger partial charge >= 0.3 is 0 Å². The van der Waals surface area contributed by atoms with E-state index in [1.165, 1.54) is 21.7 Å². The zero-order valence-electron chi connectivity index (χ0n) is 14.8. The number of aliphatic hydroxyl groups excluding tert-OH is 1. The predicted molar refractivity (Wildman–Crippen MR) is 89.8 cm³/mol. The molecule has 1 aliphatic carbocycles. The van der Waals surface area contributed by atoms with Crippen LogP contribution >= 0.6 is 0 Å². The standard InChI is InChI=1S/C17H27NO3S/c1-9-10(2)12(4)14-13(11(9)3)15(16(19)17(14,5)6)18(7)22(8,20)21/h15-16,19H,1-8H3. The maximum Gasteiger partial charge on any atom is 0.211 e. The lowest BCUT2D eigenvalue weighted by atomic mass is 9.79. The van der Waals surface area contributed by atoms with Crippen LogP contribution in [0.3, 0.4) is 0 Å². The predicted octanol–water partition coefficient (Wildman–Crippen LogP) is 2.50. The molecule has 0 saturated carbocycles. The molecule has 2 rings (SSSR count). The number of hydrogen-bond donors (Lipinski definition) is 1. The van der Waals surface area contributed by atoms with Gasteiger partial charge in [0.2, 0.25) is 10.0 Å². The normalized spacial score (nSPS) is 23.9. The van der Waals surface area contributed by atoms with Crippen molar-refractivity contribution in [3.05, 3.63) is 33.4 Å². The summed E-state index contributed by atoms with van der Waals surface area (Å²) in [7, 11) is -1.84. The minimum atomic E-state index is -3.39. The molecule has 4 nitrogen and oxygen atoms in total. The molecular weight excluding hydrogens is 298 g/mol. The van der Waals surface area contributed by atoms with E-state index in [-0.39, 0.29) is 0 Å². The van der Waals surface area contributed by atoms with E-state index in [1.54, 1.807) is 7.05 Å². The van der Waals surface area contributed by atoms with Gasteiger partial charge in [0, 0.05) is 12.5 Å². The van der Waals surface area contributed by atoms with Crippen LogP contribution in [0.1, 0.15) is 53.3 Å². The summed E-state index contributed by atoms with van der Waals surface area (Å²) in [5, 5.41) is 10.9. The smallest absolute Gasteiger partial charge is 0.211 e. The van der Waals surface area contributed by atoms with Crippen LogP contribution in [-0.4, -0.2) is 37.2 Å². The highest BCUT2D eigenvalue weighted by Gasteiger charge is 2.50. The van der Waals surface area contributed by atoms with E-state index in [0.29, 0.717) is 0 Å². The number of hydrogen-bond acceptors (Lipinski definition) is 3. The van der Waals surface area contributed by atoms with Crippen LogP contribution in [0, 0.1) is 27.7 Å². The van der Waals surface area contributed by atoms with Gasteiger partial charge in [-0.1, -0.05) is 13.8 Å². The highest BCUT2D eigenvalue weighted by atomic mass is 32.2. The monoisotopic (exact) mass is 325 g/mol. The third-order valence-corrected chi connectivity index (χ3v) is 6.90. The highest BCUT2D eigenvalue weighted by Crippen LogP contribution is 2.51. The van der Waals surface area contributed by atoms with Gasteiger partial charge < -0.3 is 5.11 Å². The summed E-state index contributed by atoms with van der Waals surface area (Å²) < 4.78 is 25.4. The Labute approximate surface area is 134 Å². The molecule has 0 aromatic heterocycles. The van der Waals surface area contributed by atoms with Crippen LogP contribution in [0.5, 0.6) is 0 Å². The first kappa shape index (κ1) is 17.4. The van der Waals surface area contributed by atoms with Crippen molar-refractivity contribution in [2.24, 2.45) is 0 Å². The van der Waals surface area contributed by atoms with Crippen molar-refractivity contribution >= 4 is 10.0 Å². The minimum absolute atomic E-state index is 0.480. The molecule has 1 N–H and O–H groups in total. The Hall–Kier alpha value is -0.910. The van der Waals surface area contributed by atoms with E-state index in [1.807, 2.05) is 20.8 Å². The van der Waals surface area contributed by atoms with E-state index in [2.05, 4.69) is 20.8 Å². The number of sulfonamides is 1. The van der Waals surface area contributed by atoms with Gasteiger partial charge in [0.25, 0.3) is 0 Å². The fraction of sp³-hybridized carbons (Fsp3) is 0.647. The van der Waals surface area contributed by atoms with Gasteiger partial charge in [-0.05, 0) is 61.1 Å². The summed E-state index contributed by atoms with van der Waals surface area (Å²) in [6, 6.07) is -0.530. The molecule has 0 bridgehead atoms. The third-order valence-electron chi connectivity index (χ3n) is 5.63. The zero-order chi connectivity index (χ0) is 17.2. The Balaban J connectivity index is 2.87. The molecule has 0 heterocycles. The summed E-state index contributed by atoms with van der Waals surface area (Å²) in [5.74, 6) is 0. The van der Waals surface area contributed by atoms with Gasteiger partial charge in [-0.2, -0.15) is 4.31 Å². The molecule has 0 spiro atoms. The fourth-order valence-corrected chi connectivity index (χ4v) is 4.46. The van der Waals surface area contributed by atoms with E-state index in [0.717, 1.165) is 22.3 Å². The molecule has 0 radical (unpaired) electrons. The zero-order valence-corrected chi connectivity index (χ0v) is 15.6. The second kappa shape index (κ2) is 5.05. The number of benzene rings is 1. The molecular formula is C17H27NO3S. The maximum absolute atomic E-state index is 12.0. The quantitative estimate of drug-likeness (QED) is 0.909. The molecule has 2 atom stereocenters. The Morgan fingerprint density at radius 3 is 1.91 bits per heavy atom. The Morgan fingerprint density at radius 1 is 1.00 bits per heavy atom. The number of fused-ring (bicyclic) bond motifs is 1. The van der Waals surface area contributed by atoms with Crippen LogP contribution in [0.4, 0.5) is 0 Å². The number of likely N-dealkylation sites (N-methyl/N-ethyl adjacent to an activating group) is 1. The highest BCUT2D eigenvalue weighted by molar-refractivity contribution is 7.88. The molecule has 1 aromatic rings. The maximum atomic E-state index is 12.0. The lowest BCUT2D eigenvalue weighted by Gasteiger charge is -2.31. The Bertz CT molecular complexity index is 735. The van der Waals surface area contributed by atoms with E-state index < -0.39 is 27.6 Å². The lowest BCUT2D eigenvalue weighted by molar-refractivity contribution is 0.0577. The van der Waals surface area contributed by atoms with Gasteiger partial charge in [-0.25, -0.2) is 8.42 Å². The van der Waals surface area contributed by atoms with Gasteiger partial charge in [-0.3, -0.25) is 0 Å². The van der Waals surface area contributed by atoms with Crippen molar-refractivity contribution in [3.8, 4) is 0 Å². The number of nitrogens with zero attached hydrogens (tertiary/aromatic N) is 1. The first-order valence-corrected chi connectivity index (χ1v) is 9.40. The van der Waals surface area contributed by atoms with Gasteiger partial charge in [0.15, 0.2) is 0 Å². The molecule has 0 aliphatic heterocycles. The van der Waals surface area contributed by atoms with Crippen LogP contribution < -0.4 is 0 Å². The average Bonchev–Trinajstić information content (AvgIpc) is 2.60. The van der Waals surface area contributed by atoms with Crippen molar-refractivity contribution in [1.82, 2.24) is 4.31 Å². The van der Waals surface area contributed by atoms with Crippen molar-refractivity contribution in [2.45, 2.75) is 59.1 Å². The van der Waals surface area contributed by atoms with Crippen molar-refractivity contribution in [3.63, 3.8) is 0 Å². The topological polar surface area (TPSA) is 57.6 Å². The summed E-state index contributed by atoms with van der Waals surface area (Å²) in [5.41, 5.74) is 6.24. The van der Waals surface area contributed by atoms with Crippen LogP contribution in [-0.2, 0) is 15.4 Å². The number of aliphatic hydroxyl groups is 1. The summed E-state index contributed by atoms with van der Waals surface area (Å²) in [4.78, 5) is 0. The first-order valence-electron chi connectivity index (χ1n) is 7.55. The van der Waals surface area contributed by atoms with Crippen LogP contribution in [0.2, 0.25) is 0 Å². The van der Waals surface area contributed by atoms with E-state index >= 15 is 0 Å². The molecule has 5 heteroatoms. The van der Waals surface area contributed by atoms with Crippen molar-refractivity contribution < 1.29 is 13.5 Å². The average molecular weight is 325 g/mol. The molecule has 1 aromatic carbocycles. The van der Waals surface area contributed by atoms with E-state index in [9.17, 15) is 13.5 Å². The van der Waals surface area contributed by atoms with Gasteiger partial charge in [0.1, 0.15) is 0 Å². The molecule has 2 unspecified atom stereocenters. The molecule has 0 saturated heterocycles. The fourth-order valence-electron chi connectivity index (χ4n) is 3.83. The molecule has 0 amide bonds. The SMILES string of the molecule is Cc1c(C)c(C)c2c(c1C)C(N(C)S(C)(=O)=O)C(O)C2(C)C. The van der Waals surface area contributed by atoms with E-state index in [4.69, 9.17) is 0 Å². The Morgan fingerprint density at radius 2 is 1.45 bits per heavy atom. The number of rotatable bonds is 2. The van der Waals surface area contributed by atoms with Crippen molar-refractivity contribution in [2.75, 3.05) is 13.3 Å². The second-order valence-electron chi connectivity index (χ2n) is 7.18. The molecule has 124 valence electrons. The lowest BCUT2D eigenvalue weighted by Crippen LogP contribution is -2.40. The van der Waals surface area contributed by atoms with Crippen LogP contribution in [0.15, 0.2) is 0 Å². The molecule has 0 fully saturated rings. The van der Waals surface area contributed by atoms with Crippen LogP contribution in [0.25, 0.3) is 0 Å². The summed E-state index contributed by atoms with van der Waals surface area (Å²) >= 11 is 0. The third kappa shape index (κ3) is 2.22. The first-order chi connectivity index (χ1) is 9.83. The minimum Gasteiger partial charge on any atom is -0.390 e. The molecule has 22 heavy (non-hydrogen) atoms. The van der Waals surface area contributed by atoms with Crippen molar-refractivity contribution in [1.29, 1.82) is 0 Å². The largest absolute Gasteiger partial charge is 0.390 e. The Kier molecular flexibility index (Phi) is 4.00. The summed E-state index contributed by atoms with van der Waals surface area (Å²) in [6.07, 6.45) is 0.425. The second-order valence-corrected chi connectivity index (χ2v) is 9.22. The summed E-state index contributed by atoms with van der Waals surface area (Å²) in [6.45, 7) is 12.2. The van der Waals surface area contributed by atoms with Gasteiger partial charge in [-0.15, -0.1) is 0 Å². The van der Waals surface area contributed by atoms with Gasteiger partial charge in [0.05, 0.1) is 18.4 Å². The molecule has 1 aliphatic rings.